The highest BCUT2D eigenvalue weighted by Crippen LogP contribution is 2.07. The van der Waals surface area contributed by atoms with Crippen LogP contribution in [0.2, 0.25) is 0 Å². The van der Waals surface area contributed by atoms with Crippen LogP contribution in [0.3, 0.4) is 0 Å². The van der Waals surface area contributed by atoms with Crippen molar-refractivity contribution in [3.05, 3.63) is 35.9 Å². The van der Waals surface area contributed by atoms with Crippen molar-refractivity contribution in [2.75, 3.05) is 13.6 Å². The molecule has 0 radical (unpaired) electrons. The quantitative estimate of drug-likeness (QED) is 0.748. The highest BCUT2D eigenvalue weighted by atomic mass is 16.3. The summed E-state index contributed by atoms with van der Waals surface area (Å²) in [6.07, 6.45) is 3.98. The second kappa shape index (κ2) is 8.26. The third-order valence-corrected chi connectivity index (χ3v) is 3.03. The normalized spacial score (nSPS) is 12.9. The number of nitrogens with zero attached hydrogens (tertiary/aromatic N) is 1. The first kappa shape index (κ1) is 14.2. The number of aliphatic hydroxyl groups is 1. The van der Waals surface area contributed by atoms with E-state index in [1.807, 2.05) is 6.07 Å². The zero-order chi connectivity index (χ0) is 12.5. The maximum Gasteiger partial charge on any atom is 0.0552 e. The van der Waals surface area contributed by atoms with Gasteiger partial charge in [0.25, 0.3) is 0 Å². The van der Waals surface area contributed by atoms with Crippen molar-refractivity contribution in [2.24, 2.45) is 0 Å². The Morgan fingerprint density at radius 2 is 1.88 bits per heavy atom. The molecule has 1 aromatic rings. The first-order valence-electron chi connectivity index (χ1n) is 6.63. The van der Waals surface area contributed by atoms with Gasteiger partial charge in [0.15, 0.2) is 0 Å². The molecule has 96 valence electrons. The average molecular weight is 235 g/mol. The fraction of sp³-hybridized carbons (Fsp3) is 0.600. The largest absolute Gasteiger partial charge is 0.393 e. The second-order valence-corrected chi connectivity index (χ2v) is 4.81. The third-order valence-electron chi connectivity index (χ3n) is 3.03. The third kappa shape index (κ3) is 6.44. The van der Waals surface area contributed by atoms with Crippen molar-refractivity contribution < 1.29 is 5.11 Å². The second-order valence-electron chi connectivity index (χ2n) is 4.81. The molecule has 1 atom stereocenters. The van der Waals surface area contributed by atoms with Gasteiger partial charge in [0.05, 0.1) is 6.10 Å². The van der Waals surface area contributed by atoms with E-state index in [2.05, 4.69) is 43.1 Å². The molecule has 0 heterocycles. The van der Waals surface area contributed by atoms with E-state index in [9.17, 15) is 5.11 Å². The fourth-order valence-corrected chi connectivity index (χ4v) is 1.93. The molecule has 1 aromatic carbocycles. The van der Waals surface area contributed by atoms with Gasteiger partial charge in [-0.2, -0.15) is 0 Å². The summed E-state index contributed by atoms with van der Waals surface area (Å²) in [7, 11) is 2.11. The monoisotopic (exact) mass is 235 g/mol. The average Bonchev–Trinajstić information content (AvgIpc) is 2.35. The van der Waals surface area contributed by atoms with Gasteiger partial charge in [-0.05, 0) is 25.5 Å². The highest BCUT2D eigenvalue weighted by molar-refractivity contribution is 5.14. The standard InChI is InChI=1S/C15H25NO/c1-3-4-10-15(17)11-12-16(2)13-14-8-6-5-7-9-14/h5-9,15,17H,3-4,10-13H2,1-2H3/t15-/m0/s1. The van der Waals surface area contributed by atoms with Crippen molar-refractivity contribution in [3.63, 3.8) is 0 Å². The molecule has 0 aromatic heterocycles. The van der Waals surface area contributed by atoms with E-state index in [0.717, 1.165) is 38.8 Å². The number of benzene rings is 1. The van der Waals surface area contributed by atoms with Crippen LogP contribution in [-0.4, -0.2) is 29.7 Å². The van der Waals surface area contributed by atoms with Crippen LogP contribution in [0.5, 0.6) is 0 Å². The summed E-state index contributed by atoms with van der Waals surface area (Å²) in [6, 6.07) is 10.5. The number of unbranched alkanes of at least 4 members (excludes halogenated alkanes) is 1. The molecule has 17 heavy (non-hydrogen) atoms. The molecule has 0 aliphatic carbocycles. The van der Waals surface area contributed by atoms with Crippen molar-refractivity contribution in [1.82, 2.24) is 4.90 Å². The number of hydrogen-bond acceptors (Lipinski definition) is 2. The summed E-state index contributed by atoms with van der Waals surface area (Å²) in [5.74, 6) is 0. The zero-order valence-electron chi connectivity index (χ0n) is 11.1. The van der Waals surface area contributed by atoms with Crippen LogP contribution in [0.1, 0.15) is 38.2 Å². The van der Waals surface area contributed by atoms with Crippen LogP contribution in [0.4, 0.5) is 0 Å². The lowest BCUT2D eigenvalue weighted by Crippen LogP contribution is -2.23. The molecule has 0 amide bonds. The molecular weight excluding hydrogens is 210 g/mol. The Morgan fingerprint density at radius 3 is 2.53 bits per heavy atom. The Hall–Kier alpha value is -0.860. The van der Waals surface area contributed by atoms with E-state index in [1.165, 1.54) is 5.56 Å². The molecule has 0 spiro atoms. The van der Waals surface area contributed by atoms with Gasteiger partial charge in [0.2, 0.25) is 0 Å². The predicted molar refractivity (Wildman–Crippen MR) is 72.9 cm³/mol. The Labute approximate surface area is 105 Å². The molecular formula is C15H25NO. The zero-order valence-corrected chi connectivity index (χ0v) is 11.1. The van der Waals surface area contributed by atoms with E-state index < -0.39 is 0 Å². The van der Waals surface area contributed by atoms with Crippen molar-refractivity contribution in [1.29, 1.82) is 0 Å². The van der Waals surface area contributed by atoms with Gasteiger partial charge in [-0.25, -0.2) is 0 Å². The first-order valence-corrected chi connectivity index (χ1v) is 6.63. The summed E-state index contributed by atoms with van der Waals surface area (Å²) >= 11 is 0. The Kier molecular flexibility index (Phi) is 6.90. The van der Waals surface area contributed by atoms with E-state index in [4.69, 9.17) is 0 Å². The fourth-order valence-electron chi connectivity index (χ4n) is 1.93. The molecule has 0 bridgehead atoms. The van der Waals surface area contributed by atoms with Crippen LogP contribution in [0.25, 0.3) is 0 Å². The molecule has 1 rings (SSSR count). The number of rotatable bonds is 8. The summed E-state index contributed by atoms with van der Waals surface area (Å²) in [4.78, 5) is 2.27. The minimum absolute atomic E-state index is 0.131. The van der Waals surface area contributed by atoms with Gasteiger partial charge < -0.3 is 10.0 Å². The van der Waals surface area contributed by atoms with E-state index in [0.29, 0.717) is 0 Å². The first-order chi connectivity index (χ1) is 8.22. The van der Waals surface area contributed by atoms with Crippen molar-refractivity contribution in [2.45, 2.75) is 45.3 Å². The molecule has 0 aliphatic rings. The topological polar surface area (TPSA) is 23.5 Å². The summed E-state index contributed by atoms with van der Waals surface area (Å²) in [6.45, 7) is 4.08. The lowest BCUT2D eigenvalue weighted by Gasteiger charge is -2.18. The van der Waals surface area contributed by atoms with Crippen LogP contribution in [0.15, 0.2) is 30.3 Å². The van der Waals surface area contributed by atoms with Gasteiger partial charge in [-0.3, -0.25) is 0 Å². The highest BCUT2D eigenvalue weighted by Gasteiger charge is 2.06. The van der Waals surface area contributed by atoms with Crippen molar-refractivity contribution in [3.8, 4) is 0 Å². The SMILES string of the molecule is CCCC[C@H](O)CCN(C)Cc1ccccc1. The van der Waals surface area contributed by atoms with Crippen molar-refractivity contribution >= 4 is 0 Å². The Bertz CT molecular complexity index is 286. The van der Waals surface area contributed by atoms with Gasteiger partial charge in [-0.15, -0.1) is 0 Å². The van der Waals surface area contributed by atoms with Crippen LogP contribution < -0.4 is 0 Å². The summed E-state index contributed by atoms with van der Waals surface area (Å²) in [5.41, 5.74) is 1.33. The minimum atomic E-state index is -0.131. The number of aliphatic hydroxyl groups excluding tert-OH is 1. The van der Waals surface area contributed by atoms with Crippen LogP contribution in [0, 0.1) is 0 Å². The summed E-state index contributed by atoms with van der Waals surface area (Å²) in [5, 5.41) is 9.77. The molecule has 0 saturated carbocycles. The maximum atomic E-state index is 9.77. The van der Waals surface area contributed by atoms with E-state index >= 15 is 0 Å². The van der Waals surface area contributed by atoms with Gasteiger partial charge >= 0.3 is 0 Å². The van der Waals surface area contributed by atoms with Gasteiger partial charge in [0.1, 0.15) is 0 Å². The molecule has 0 fully saturated rings. The van der Waals surface area contributed by atoms with Crippen LogP contribution in [-0.2, 0) is 6.54 Å². The summed E-state index contributed by atoms with van der Waals surface area (Å²) < 4.78 is 0. The lowest BCUT2D eigenvalue weighted by atomic mass is 10.1. The van der Waals surface area contributed by atoms with E-state index in [1.54, 1.807) is 0 Å². The maximum absolute atomic E-state index is 9.77. The molecule has 2 nitrogen and oxygen atoms in total. The molecule has 0 unspecified atom stereocenters. The Balaban J connectivity index is 2.19. The Morgan fingerprint density at radius 1 is 1.18 bits per heavy atom. The van der Waals surface area contributed by atoms with Gasteiger partial charge in [-0.1, -0.05) is 50.1 Å². The van der Waals surface area contributed by atoms with E-state index in [-0.39, 0.29) is 6.10 Å². The van der Waals surface area contributed by atoms with Crippen LogP contribution >= 0.6 is 0 Å². The minimum Gasteiger partial charge on any atom is -0.393 e. The number of hydrogen-bond donors (Lipinski definition) is 1. The smallest absolute Gasteiger partial charge is 0.0552 e. The predicted octanol–water partition coefficient (Wildman–Crippen LogP) is 3.06. The van der Waals surface area contributed by atoms with Gasteiger partial charge in [0, 0.05) is 13.1 Å². The molecule has 0 saturated heterocycles. The molecule has 0 aliphatic heterocycles. The lowest BCUT2D eigenvalue weighted by molar-refractivity contribution is 0.134. The molecule has 2 heteroatoms. The molecule has 1 N–H and O–H groups in total.